The van der Waals surface area contributed by atoms with Crippen LogP contribution in [0.5, 0.6) is 0 Å². The summed E-state index contributed by atoms with van der Waals surface area (Å²) < 4.78 is 17.6. The van der Waals surface area contributed by atoms with Gasteiger partial charge in [0, 0.05) is 5.57 Å². The summed E-state index contributed by atoms with van der Waals surface area (Å²) in [5.74, 6) is -0.133. The van der Waals surface area contributed by atoms with Crippen LogP contribution in [0.4, 0.5) is 0 Å². The van der Waals surface area contributed by atoms with Crippen LogP contribution in [-0.4, -0.2) is 70.1 Å². The van der Waals surface area contributed by atoms with Crippen molar-refractivity contribution in [2.45, 2.75) is 204 Å². The fourth-order valence-electron chi connectivity index (χ4n) is 6.92. The molecule has 0 aliphatic carbocycles. The number of esters is 1. The zero-order chi connectivity index (χ0) is 30.2. The van der Waals surface area contributed by atoms with Crippen LogP contribution in [0.25, 0.3) is 0 Å². The second-order valence-corrected chi connectivity index (χ2v) is 13.3. The summed E-state index contributed by atoms with van der Waals surface area (Å²) in [6, 6.07) is 0. The van der Waals surface area contributed by atoms with Gasteiger partial charge in [-0.05, 0) is 83.6 Å². The van der Waals surface area contributed by atoms with E-state index in [1.54, 1.807) is 0 Å². The first-order valence-electron chi connectivity index (χ1n) is 17.6. The van der Waals surface area contributed by atoms with Gasteiger partial charge in [-0.25, -0.2) is 4.79 Å². The Morgan fingerprint density at radius 3 is 1.76 bits per heavy atom. The highest BCUT2D eigenvalue weighted by atomic mass is 16.6. The lowest BCUT2D eigenvalue weighted by molar-refractivity contribution is -0.139. The molecule has 0 unspecified atom stereocenters. The number of rotatable bonds is 23. The molecule has 0 aromatic rings. The summed E-state index contributed by atoms with van der Waals surface area (Å²) in [6.07, 6.45) is 22.8. The van der Waals surface area contributed by atoms with Crippen LogP contribution in [0.1, 0.15) is 155 Å². The Hall–Kier alpha value is -0.990. The van der Waals surface area contributed by atoms with Crippen LogP contribution in [0.2, 0.25) is 0 Å². The molecule has 7 heteroatoms. The van der Waals surface area contributed by atoms with Crippen molar-refractivity contribution in [3.8, 4) is 0 Å². The molecule has 2 fully saturated rings. The van der Waals surface area contributed by atoms with Crippen molar-refractivity contribution in [1.82, 2.24) is 0 Å². The van der Waals surface area contributed by atoms with Crippen molar-refractivity contribution in [2.75, 3.05) is 0 Å². The molecule has 8 atom stereocenters. The molecule has 3 heterocycles. The molecule has 0 aromatic heterocycles. The maximum atomic E-state index is 11.6. The molecule has 2 saturated heterocycles. The molecule has 244 valence electrons. The van der Waals surface area contributed by atoms with Crippen LogP contribution >= 0.6 is 0 Å². The summed E-state index contributed by atoms with van der Waals surface area (Å²) in [5.41, 5.74) is 0.851. The van der Waals surface area contributed by atoms with Gasteiger partial charge in [0.15, 0.2) is 0 Å². The fraction of sp³-hybridized carbons (Fsp3) is 0.914. The van der Waals surface area contributed by atoms with E-state index in [1.807, 2.05) is 13.0 Å². The van der Waals surface area contributed by atoms with Crippen LogP contribution in [0.15, 0.2) is 11.6 Å². The molecule has 0 spiro atoms. The van der Waals surface area contributed by atoms with E-state index in [0.29, 0.717) is 6.42 Å². The topological polar surface area (TPSA) is 105 Å². The van der Waals surface area contributed by atoms with Crippen molar-refractivity contribution in [3.05, 3.63) is 11.6 Å². The van der Waals surface area contributed by atoms with Gasteiger partial charge in [-0.1, -0.05) is 77.6 Å². The molecule has 0 saturated carbocycles. The first kappa shape index (κ1) is 35.5. The largest absolute Gasteiger partial charge is 0.455 e. The first-order chi connectivity index (χ1) is 20.4. The van der Waals surface area contributed by atoms with Gasteiger partial charge < -0.3 is 29.5 Å². The number of unbranched alkanes of at least 4 members (excludes halogenated alkanes) is 10. The molecule has 0 aromatic carbocycles. The summed E-state index contributed by atoms with van der Waals surface area (Å²) in [4.78, 5) is 11.6. The van der Waals surface area contributed by atoms with Gasteiger partial charge in [-0.3, -0.25) is 0 Å². The zero-order valence-electron chi connectivity index (χ0n) is 26.7. The fourth-order valence-corrected chi connectivity index (χ4v) is 6.92. The minimum atomic E-state index is -0.482. The minimum Gasteiger partial charge on any atom is -0.455 e. The molecule has 3 N–H and O–H groups in total. The molecular weight excluding hydrogens is 532 g/mol. The van der Waals surface area contributed by atoms with Gasteiger partial charge in [0.2, 0.25) is 0 Å². The van der Waals surface area contributed by atoms with Crippen molar-refractivity contribution < 1.29 is 34.3 Å². The highest BCUT2D eigenvalue weighted by Gasteiger charge is 2.40. The Morgan fingerprint density at radius 1 is 0.690 bits per heavy atom. The third-order valence-electron chi connectivity index (χ3n) is 9.56. The van der Waals surface area contributed by atoms with Crippen LogP contribution in [0, 0.1) is 0 Å². The molecule has 3 rings (SSSR count). The highest BCUT2D eigenvalue weighted by molar-refractivity contribution is 5.90. The number of carbonyl (C=O) groups is 1. The number of aliphatic hydroxyl groups is 3. The van der Waals surface area contributed by atoms with Gasteiger partial charge in [0.1, 0.15) is 6.10 Å². The highest BCUT2D eigenvalue weighted by Crippen LogP contribution is 2.34. The Labute approximate surface area is 255 Å². The third kappa shape index (κ3) is 12.9. The van der Waals surface area contributed by atoms with E-state index < -0.39 is 12.2 Å². The van der Waals surface area contributed by atoms with E-state index in [1.165, 1.54) is 44.9 Å². The number of carbonyl (C=O) groups excluding carboxylic acids is 1. The molecule has 7 nitrogen and oxygen atoms in total. The number of aliphatic hydroxyl groups excluding tert-OH is 3. The summed E-state index contributed by atoms with van der Waals surface area (Å²) in [7, 11) is 0. The second-order valence-electron chi connectivity index (χ2n) is 13.3. The van der Waals surface area contributed by atoms with E-state index in [9.17, 15) is 20.1 Å². The maximum Gasteiger partial charge on any atom is 0.334 e. The number of cyclic esters (lactones) is 1. The number of hydrogen-bond donors (Lipinski definition) is 3. The Morgan fingerprint density at radius 2 is 1.19 bits per heavy atom. The second kappa shape index (κ2) is 20.1. The SMILES string of the molecule is CCCCCC[C@H](O)CCC[C@H](O)[C@H]1CC[C@@H]([C@H]2CC[C@H]([C@H](O)CCCCCCCCCCC3=C[C@H](C)OC3=O)O2)O1. The smallest absolute Gasteiger partial charge is 0.334 e. The lowest BCUT2D eigenvalue weighted by Gasteiger charge is -2.24. The summed E-state index contributed by atoms with van der Waals surface area (Å²) >= 11 is 0. The Kier molecular flexibility index (Phi) is 17.0. The first-order valence-corrected chi connectivity index (χ1v) is 17.6. The van der Waals surface area contributed by atoms with Gasteiger partial charge in [-0.2, -0.15) is 0 Å². The maximum absolute atomic E-state index is 11.6. The van der Waals surface area contributed by atoms with Crippen molar-refractivity contribution in [2.24, 2.45) is 0 Å². The predicted molar refractivity (Wildman–Crippen MR) is 166 cm³/mol. The average molecular weight is 595 g/mol. The Balaban J connectivity index is 1.16. The monoisotopic (exact) mass is 594 g/mol. The normalized spacial score (nSPS) is 28.2. The molecular formula is C35H62O7. The minimum absolute atomic E-state index is 0.0123. The van der Waals surface area contributed by atoms with E-state index in [4.69, 9.17) is 14.2 Å². The van der Waals surface area contributed by atoms with Crippen molar-refractivity contribution >= 4 is 5.97 Å². The summed E-state index contributed by atoms with van der Waals surface area (Å²) in [5, 5.41) is 31.6. The van der Waals surface area contributed by atoms with Gasteiger partial charge in [-0.15, -0.1) is 0 Å². The standard InChI is InChI=1S/C35H62O7/c1-3-4-5-13-17-28(36)18-15-20-30(38)32-22-24-34(42-32)33-23-21-31(41-33)29(37)19-14-11-9-7-6-8-10-12-16-27-25-26(2)40-35(27)39/h25-26,28-34,36-38H,3-24H2,1-2H3/t26-,28-,29+,30-,31+,32+,33+,34-/m0/s1. The van der Waals surface area contributed by atoms with Gasteiger partial charge in [0.05, 0.1) is 42.7 Å². The number of ether oxygens (including phenoxy) is 3. The van der Waals surface area contributed by atoms with Crippen LogP contribution in [0.3, 0.4) is 0 Å². The van der Waals surface area contributed by atoms with E-state index in [0.717, 1.165) is 95.5 Å². The predicted octanol–water partition coefficient (Wildman–Crippen LogP) is 7.08. The van der Waals surface area contributed by atoms with Crippen molar-refractivity contribution in [1.29, 1.82) is 0 Å². The summed E-state index contributed by atoms with van der Waals surface area (Å²) in [6.45, 7) is 4.10. The Bertz CT molecular complexity index is 770. The zero-order valence-corrected chi connectivity index (χ0v) is 26.7. The number of hydrogen-bond acceptors (Lipinski definition) is 7. The van der Waals surface area contributed by atoms with E-state index >= 15 is 0 Å². The molecule has 3 aliphatic heterocycles. The molecule has 0 amide bonds. The third-order valence-corrected chi connectivity index (χ3v) is 9.56. The average Bonchev–Trinajstić information content (AvgIpc) is 3.72. The quantitative estimate of drug-likeness (QED) is 0.0858. The van der Waals surface area contributed by atoms with E-state index in [-0.39, 0.29) is 42.6 Å². The van der Waals surface area contributed by atoms with Crippen molar-refractivity contribution in [3.63, 3.8) is 0 Å². The molecule has 0 bridgehead atoms. The lowest BCUT2D eigenvalue weighted by Crippen LogP contribution is -2.33. The van der Waals surface area contributed by atoms with Crippen LogP contribution < -0.4 is 0 Å². The molecule has 3 aliphatic rings. The lowest BCUT2D eigenvalue weighted by atomic mass is 9.99. The molecule has 0 radical (unpaired) electrons. The van der Waals surface area contributed by atoms with E-state index in [2.05, 4.69) is 6.92 Å². The van der Waals surface area contributed by atoms with Gasteiger partial charge in [0.25, 0.3) is 0 Å². The van der Waals surface area contributed by atoms with Crippen LogP contribution in [-0.2, 0) is 19.0 Å². The molecule has 42 heavy (non-hydrogen) atoms. The van der Waals surface area contributed by atoms with Gasteiger partial charge >= 0.3 is 5.97 Å².